The van der Waals surface area contributed by atoms with Crippen LogP contribution >= 0.6 is 11.8 Å². The maximum atomic E-state index is 12.8. The van der Waals surface area contributed by atoms with Gasteiger partial charge in [-0.1, -0.05) is 42.1 Å². The van der Waals surface area contributed by atoms with Crippen molar-refractivity contribution >= 4 is 29.1 Å². The summed E-state index contributed by atoms with van der Waals surface area (Å²) in [6.45, 7) is 4.02. The van der Waals surface area contributed by atoms with E-state index in [0.29, 0.717) is 23.0 Å². The average molecular weight is 472 g/mol. The maximum Gasteiger partial charge on any atom is 0.237 e. The van der Waals surface area contributed by atoms with Gasteiger partial charge in [-0.25, -0.2) is 0 Å². The average Bonchev–Trinajstić information content (AvgIpc) is 3.26. The molecule has 4 aromatic rings. The summed E-state index contributed by atoms with van der Waals surface area (Å²) in [7, 11) is 0. The second-order valence-corrected chi connectivity index (χ2v) is 9.13. The van der Waals surface area contributed by atoms with Gasteiger partial charge in [-0.05, 0) is 62.2 Å². The summed E-state index contributed by atoms with van der Waals surface area (Å²) < 4.78 is 2.04. The fraction of sp³-hybridized carbons (Fsp3) is 0.192. The molecule has 7 nitrogen and oxygen atoms in total. The third-order valence-corrected chi connectivity index (χ3v) is 6.39. The second-order valence-electron chi connectivity index (χ2n) is 7.82. The summed E-state index contributed by atoms with van der Waals surface area (Å²) >= 11 is 1.36. The zero-order valence-corrected chi connectivity index (χ0v) is 19.8. The Morgan fingerprint density at radius 1 is 1.00 bits per heavy atom. The highest BCUT2D eigenvalue weighted by atomic mass is 32.2. The van der Waals surface area contributed by atoms with Gasteiger partial charge in [-0.15, -0.1) is 10.2 Å². The number of carbonyl (C=O) groups is 2. The molecule has 2 aromatic heterocycles. The van der Waals surface area contributed by atoms with Gasteiger partial charge in [0.2, 0.25) is 5.91 Å². The third kappa shape index (κ3) is 5.77. The van der Waals surface area contributed by atoms with Crippen LogP contribution in [0.1, 0.15) is 29.8 Å². The fourth-order valence-corrected chi connectivity index (χ4v) is 4.29. The minimum Gasteiger partial charge on any atom is -0.325 e. The number of aryl methyl sites for hydroxylation is 1. The molecule has 1 N–H and O–H groups in total. The molecule has 172 valence electrons. The number of hydrogen-bond donors (Lipinski definition) is 1. The molecule has 0 saturated heterocycles. The molecule has 0 saturated carbocycles. The fourth-order valence-electron chi connectivity index (χ4n) is 3.42. The molecule has 8 heteroatoms. The van der Waals surface area contributed by atoms with Crippen LogP contribution in [0.2, 0.25) is 0 Å². The van der Waals surface area contributed by atoms with Crippen molar-refractivity contribution in [2.75, 3.05) is 5.32 Å². The van der Waals surface area contributed by atoms with E-state index in [0.717, 1.165) is 17.8 Å². The summed E-state index contributed by atoms with van der Waals surface area (Å²) in [4.78, 5) is 28.5. The van der Waals surface area contributed by atoms with Crippen molar-refractivity contribution in [2.24, 2.45) is 0 Å². The van der Waals surface area contributed by atoms with Crippen LogP contribution < -0.4 is 5.32 Å². The SMILES string of the molecule is CC(=O)c1ccc(NC(=O)[C@H](C)Sc2nnc(-c3cccnc3)n2CCc2ccccc2)cc1. The van der Waals surface area contributed by atoms with Gasteiger partial charge < -0.3 is 9.88 Å². The van der Waals surface area contributed by atoms with E-state index in [-0.39, 0.29) is 11.7 Å². The molecule has 34 heavy (non-hydrogen) atoms. The van der Waals surface area contributed by atoms with Crippen molar-refractivity contribution in [1.82, 2.24) is 19.7 Å². The van der Waals surface area contributed by atoms with Crippen LogP contribution in [-0.2, 0) is 17.8 Å². The molecule has 0 spiro atoms. The Kier molecular flexibility index (Phi) is 7.49. The topological polar surface area (TPSA) is 89.8 Å². The Bertz CT molecular complexity index is 1260. The van der Waals surface area contributed by atoms with E-state index >= 15 is 0 Å². The predicted octanol–water partition coefficient (Wildman–Crippen LogP) is 4.90. The van der Waals surface area contributed by atoms with E-state index < -0.39 is 5.25 Å². The molecule has 1 atom stereocenters. The van der Waals surface area contributed by atoms with Crippen LogP contribution in [0.25, 0.3) is 11.4 Å². The molecular weight excluding hydrogens is 446 g/mol. The number of nitrogens with zero attached hydrogens (tertiary/aromatic N) is 4. The molecule has 1 amide bonds. The van der Waals surface area contributed by atoms with Crippen molar-refractivity contribution < 1.29 is 9.59 Å². The molecule has 0 aliphatic carbocycles. The first-order valence-electron chi connectivity index (χ1n) is 11.0. The second kappa shape index (κ2) is 10.9. The summed E-state index contributed by atoms with van der Waals surface area (Å²) in [5.41, 5.74) is 3.33. The number of rotatable bonds is 9. The third-order valence-electron chi connectivity index (χ3n) is 5.31. The number of Topliss-reactive ketones (excluding diaryl/α,β-unsaturated/α-hetero) is 1. The minimum absolute atomic E-state index is 0.0129. The van der Waals surface area contributed by atoms with E-state index in [2.05, 4.69) is 32.6 Å². The number of carbonyl (C=O) groups excluding carboxylic acids is 2. The van der Waals surface area contributed by atoms with E-state index in [9.17, 15) is 9.59 Å². The highest BCUT2D eigenvalue weighted by Crippen LogP contribution is 2.27. The van der Waals surface area contributed by atoms with Gasteiger partial charge in [-0.2, -0.15) is 0 Å². The molecule has 0 unspecified atom stereocenters. The molecule has 2 heterocycles. The first kappa shape index (κ1) is 23.4. The van der Waals surface area contributed by atoms with E-state index in [1.165, 1.54) is 24.2 Å². The normalized spacial score (nSPS) is 11.7. The summed E-state index contributed by atoms with van der Waals surface area (Å²) in [6, 6.07) is 20.9. The van der Waals surface area contributed by atoms with Crippen molar-refractivity contribution in [1.29, 1.82) is 0 Å². The van der Waals surface area contributed by atoms with Crippen LogP contribution in [0.4, 0.5) is 5.69 Å². The lowest BCUT2D eigenvalue weighted by molar-refractivity contribution is -0.115. The first-order chi connectivity index (χ1) is 16.5. The summed E-state index contributed by atoms with van der Waals surface area (Å²) in [5.74, 6) is 0.557. The molecule has 0 aliphatic rings. The number of pyridine rings is 1. The molecule has 0 radical (unpaired) electrons. The zero-order chi connectivity index (χ0) is 23.9. The van der Waals surface area contributed by atoms with Crippen molar-refractivity contribution in [3.63, 3.8) is 0 Å². The lowest BCUT2D eigenvalue weighted by Crippen LogP contribution is -2.23. The number of hydrogen-bond acceptors (Lipinski definition) is 6. The monoisotopic (exact) mass is 471 g/mol. The maximum absolute atomic E-state index is 12.8. The van der Waals surface area contributed by atoms with E-state index in [4.69, 9.17) is 0 Å². The van der Waals surface area contributed by atoms with Gasteiger partial charge in [0.15, 0.2) is 16.8 Å². The van der Waals surface area contributed by atoms with Crippen LogP contribution in [0, 0.1) is 0 Å². The largest absolute Gasteiger partial charge is 0.325 e. The summed E-state index contributed by atoms with van der Waals surface area (Å²) in [5, 5.41) is 12.0. The quantitative estimate of drug-likeness (QED) is 0.276. The standard InChI is InChI=1S/C26H25N5O2S/c1-18(32)21-10-12-23(13-11-21)28-25(33)19(2)34-26-30-29-24(22-9-6-15-27-17-22)31(26)16-14-20-7-4-3-5-8-20/h3-13,15,17,19H,14,16H2,1-2H3,(H,28,33)/t19-/m0/s1. The van der Waals surface area contributed by atoms with Gasteiger partial charge in [0.05, 0.1) is 5.25 Å². The molecule has 0 fully saturated rings. The lowest BCUT2D eigenvalue weighted by atomic mass is 10.1. The zero-order valence-electron chi connectivity index (χ0n) is 19.0. The molecule has 0 aliphatic heterocycles. The van der Waals surface area contributed by atoms with Crippen LogP contribution in [0.15, 0.2) is 84.3 Å². The molecular formula is C26H25N5O2S. The number of thioether (sulfide) groups is 1. The number of anilines is 1. The number of nitrogens with one attached hydrogen (secondary N) is 1. The van der Waals surface area contributed by atoms with Crippen LogP contribution in [-0.4, -0.2) is 36.7 Å². The van der Waals surface area contributed by atoms with Gasteiger partial charge in [0, 0.05) is 35.8 Å². The van der Waals surface area contributed by atoms with Gasteiger partial charge in [-0.3, -0.25) is 14.6 Å². The number of ketones is 1. The highest BCUT2D eigenvalue weighted by molar-refractivity contribution is 8.00. The van der Waals surface area contributed by atoms with Gasteiger partial charge in [0.1, 0.15) is 0 Å². The van der Waals surface area contributed by atoms with Gasteiger partial charge in [0.25, 0.3) is 0 Å². The smallest absolute Gasteiger partial charge is 0.237 e. The Labute approximate surface area is 202 Å². The van der Waals surface area contributed by atoms with E-state index in [1.54, 1.807) is 36.7 Å². The van der Waals surface area contributed by atoms with Crippen LogP contribution in [0.3, 0.4) is 0 Å². The Balaban J connectivity index is 1.51. The highest BCUT2D eigenvalue weighted by Gasteiger charge is 2.21. The lowest BCUT2D eigenvalue weighted by Gasteiger charge is -2.14. The van der Waals surface area contributed by atoms with Crippen LogP contribution in [0.5, 0.6) is 0 Å². The summed E-state index contributed by atoms with van der Waals surface area (Å²) in [6.07, 6.45) is 4.29. The van der Waals surface area contributed by atoms with Crippen molar-refractivity contribution in [3.05, 3.63) is 90.3 Å². The molecule has 0 bridgehead atoms. The van der Waals surface area contributed by atoms with Gasteiger partial charge >= 0.3 is 0 Å². The Morgan fingerprint density at radius 2 is 1.76 bits per heavy atom. The first-order valence-corrected chi connectivity index (χ1v) is 11.9. The Morgan fingerprint density at radius 3 is 2.44 bits per heavy atom. The molecule has 2 aromatic carbocycles. The van der Waals surface area contributed by atoms with Crippen molar-refractivity contribution in [3.8, 4) is 11.4 Å². The predicted molar refractivity (Wildman–Crippen MR) is 134 cm³/mol. The Hall–Kier alpha value is -3.78. The minimum atomic E-state index is -0.408. The van der Waals surface area contributed by atoms with E-state index in [1.807, 2.05) is 41.8 Å². The molecule has 4 rings (SSSR count). The number of aromatic nitrogens is 4. The number of benzene rings is 2. The number of amides is 1. The van der Waals surface area contributed by atoms with Crippen molar-refractivity contribution in [2.45, 2.75) is 37.2 Å².